The second kappa shape index (κ2) is 11.0. The summed E-state index contributed by atoms with van der Waals surface area (Å²) in [4.78, 5) is 35.3. The maximum atomic E-state index is 11.5. The van der Waals surface area contributed by atoms with Gasteiger partial charge in [0.1, 0.15) is 22.5 Å². The van der Waals surface area contributed by atoms with Gasteiger partial charge in [-0.15, -0.1) is 0 Å². The van der Waals surface area contributed by atoms with Crippen molar-refractivity contribution in [2.75, 3.05) is 26.2 Å². The zero-order valence-electron chi connectivity index (χ0n) is 19.4. The van der Waals surface area contributed by atoms with Crippen LogP contribution in [0.15, 0.2) is 60.7 Å². The number of nitrogens with zero attached hydrogens (tertiary/aromatic N) is 4. The fourth-order valence-electron chi connectivity index (χ4n) is 4.07. The lowest BCUT2D eigenvalue weighted by Crippen LogP contribution is -2.39. The molecule has 4 N–H and O–H groups in total. The van der Waals surface area contributed by atoms with Crippen LogP contribution in [0.4, 0.5) is 0 Å². The lowest BCUT2D eigenvalue weighted by molar-refractivity contribution is -0.140. The van der Waals surface area contributed by atoms with Crippen molar-refractivity contribution in [3.8, 4) is 11.5 Å². The van der Waals surface area contributed by atoms with E-state index < -0.39 is 11.9 Å². The number of carbonyl (C=O) groups is 2. The quantitative estimate of drug-likeness (QED) is 0.247. The second-order valence-corrected chi connectivity index (χ2v) is 8.51. The first kappa shape index (κ1) is 24.8. The number of phenolic OH excluding ortho intramolecular Hbond substituents is 2. The number of hydrogen-bond acceptors (Lipinski definition) is 8. The first-order valence-electron chi connectivity index (χ1n) is 11.3. The number of carboxylic acid groups (broad SMARTS) is 2. The van der Waals surface area contributed by atoms with Gasteiger partial charge in [0.15, 0.2) is 0 Å². The van der Waals surface area contributed by atoms with Crippen molar-refractivity contribution < 1.29 is 30.0 Å². The van der Waals surface area contributed by atoms with Crippen LogP contribution >= 0.6 is 0 Å². The van der Waals surface area contributed by atoms with Gasteiger partial charge >= 0.3 is 11.9 Å². The molecule has 186 valence electrons. The Morgan fingerprint density at radius 2 is 1.06 bits per heavy atom. The van der Waals surface area contributed by atoms with Crippen LogP contribution in [0.2, 0.25) is 0 Å². The molecule has 0 atom stereocenters. The summed E-state index contributed by atoms with van der Waals surface area (Å²) in [5, 5.41) is 40.6. The number of fused-ring (bicyclic) bond motifs is 2. The number of aromatic nitrogens is 2. The van der Waals surface area contributed by atoms with Crippen LogP contribution in [0.1, 0.15) is 11.4 Å². The number of carboxylic acids is 2. The largest absolute Gasteiger partial charge is 0.506 e. The molecule has 0 saturated heterocycles. The van der Waals surface area contributed by atoms with Gasteiger partial charge in [0.05, 0.1) is 24.5 Å². The van der Waals surface area contributed by atoms with Gasteiger partial charge in [0.2, 0.25) is 0 Å². The number of pyridine rings is 2. The Morgan fingerprint density at radius 1 is 0.639 bits per heavy atom. The Balaban J connectivity index is 1.49. The van der Waals surface area contributed by atoms with E-state index in [9.17, 15) is 30.0 Å². The van der Waals surface area contributed by atoms with Gasteiger partial charge in [-0.05, 0) is 24.3 Å². The van der Waals surface area contributed by atoms with Gasteiger partial charge in [-0.1, -0.05) is 36.4 Å². The van der Waals surface area contributed by atoms with Crippen molar-refractivity contribution in [2.24, 2.45) is 0 Å². The monoisotopic (exact) mass is 490 g/mol. The molecular weight excluding hydrogens is 464 g/mol. The van der Waals surface area contributed by atoms with E-state index in [-0.39, 0.29) is 50.8 Å². The molecule has 0 radical (unpaired) electrons. The molecule has 10 nitrogen and oxygen atoms in total. The highest BCUT2D eigenvalue weighted by atomic mass is 16.4. The fraction of sp³-hybridized carbons (Fsp3) is 0.231. The van der Waals surface area contributed by atoms with Crippen LogP contribution in [-0.2, 0) is 22.7 Å². The van der Waals surface area contributed by atoms with Crippen LogP contribution in [-0.4, -0.2) is 78.3 Å². The van der Waals surface area contributed by atoms with Gasteiger partial charge < -0.3 is 20.4 Å². The highest BCUT2D eigenvalue weighted by Crippen LogP contribution is 2.24. The van der Waals surface area contributed by atoms with E-state index in [0.29, 0.717) is 22.4 Å². The summed E-state index contributed by atoms with van der Waals surface area (Å²) >= 11 is 0. The predicted molar refractivity (Wildman–Crippen MR) is 133 cm³/mol. The summed E-state index contributed by atoms with van der Waals surface area (Å²) in [6.45, 7) is 0.421. The van der Waals surface area contributed by atoms with Crippen molar-refractivity contribution in [1.82, 2.24) is 19.8 Å². The highest BCUT2D eigenvalue weighted by Gasteiger charge is 2.17. The van der Waals surface area contributed by atoms with Crippen LogP contribution in [0.25, 0.3) is 21.8 Å². The van der Waals surface area contributed by atoms with Crippen molar-refractivity contribution in [1.29, 1.82) is 0 Å². The first-order chi connectivity index (χ1) is 17.3. The smallest absolute Gasteiger partial charge is 0.317 e. The summed E-state index contributed by atoms with van der Waals surface area (Å²) in [5.74, 6) is -1.95. The van der Waals surface area contributed by atoms with Crippen molar-refractivity contribution in [3.05, 3.63) is 72.1 Å². The second-order valence-electron chi connectivity index (χ2n) is 8.51. The molecule has 2 aromatic carbocycles. The van der Waals surface area contributed by atoms with E-state index in [2.05, 4.69) is 9.97 Å². The van der Waals surface area contributed by atoms with Gasteiger partial charge in [-0.3, -0.25) is 19.4 Å². The van der Waals surface area contributed by atoms with Crippen molar-refractivity contribution in [3.63, 3.8) is 0 Å². The zero-order valence-corrected chi connectivity index (χ0v) is 19.4. The minimum atomic E-state index is -1.02. The topological polar surface area (TPSA) is 147 Å². The molecule has 0 bridgehead atoms. The third-order valence-corrected chi connectivity index (χ3v) is 5.73. The molecule has 0 aliphatic rings. The first-order valence-corrected chi connectivity index (χ1v) is 11.3. The van der Waals surface area contributed by atoms with E-state index in [1.165, 1.54) is 0 Å². The molecule has 0 aliphatic carbocycles. The Labute approximate surface area is 206 Å². The number of benzene rings is 2. The molecule has 0 spiro atoms. The molecule has 0 unspecified atom stereocenters. The van der Waals surface area contributed by atoms with Gasteiger partial charge in [-0.25, -0.2) is 9.97 Å². The van der Waals surface area contributed by atoms with Gasteiger partial charge in [-0.2, -0.15) is 0 Å². The number of phenols is 2. The summed E-state index contributed by atoms with van der Waals surface area (Å²) in [5.41, 5.74) is 2.04. The third-order valence-electron chi connectivity index (χ3n) is 5.73. The van der Waals surface area contributed by atoms with Crippen molar-refractivity contribution in [2.45, 2.75) is 13.1 Å². The van der Waals surface area contributed by atoms with Gasteiger partial charge in [0, 0.05) is 37.0 Å². The Bertz CT molecular complexity index is 1300. The molecule has 0 fully saturated rings. The fourth-order valence-corrected chi connectivity index (χ4v) is 4.07. The normalized spacial score (nSPS) is 11.5. The van der Waals surface area contributed by atoms with Crippen molar-refractivity contribution >= 4 is 33.7 Å². The summed E-state index contributed by atoms with van der Waals surface area (Å²) in [6.07, 6.45) is 0. The van der Waals surface area contributed by atoms with E-state index in [4.69, 9.17) is 0 Å². The highest BCUT2D eigenvalue weighted by molar-refractivity contribution is 5.85. The Morgan fingerprint density at radius 3 is 1.44 bits per heavy atom. The van der Waals surface area contributed by atoms with E-state index >= 15 is 0 Å². The number of hydrogen-bond donors (Lipinski definition) is 4. The van der Waals surface area contributed by atoms with E-state index in [1.807, 2.05) is 24.3 Å². The minimum Gasteiger partial charge on any atom is -0.506 e. The molecular formula is C26H26N4O6. The summed E-state index contributed by atoms with van der Waals surface area (Å²) in [6, 6.07) is 17.3. The number of rotatable bonds is 11. The standard InChI is InChI=1S/C26H26N4O6/c31-21-5-1-3-17-7-9-19(27-25(17)21)13-29(15-23(33)34)11-12-30(16-24(35)36)14-20-10-8-18-4-2-6-22(32)26(18)28-20/h1-10,31-32H,11-16H2,(H,33,34)(H,35,36). The maximum absolute atomic E-state index is 11.5. The maximum Gasteiger partial charge on any atom is 0.317 e. The summed E-state index contributed by atoms with van der Waals surface area (Å²) in [7, 11) is 0. The van der Waals surface area contributed by atoms with E-state index in [0.717, 1.165) is 10.8 Å². The predicted octanol–water partition coefficient (Wildman–Crippen LogP) is 2.67. The van der Waals surface area contributed by atoms with Crippen LogP contribution in [0.3, 0.4) is 0 Å². The average Bonchev–Trinajstić information content (AvgIpc) is 2.83. The Kier molecular flexibility index (Phi) is 7.57. The summed E-state index contributed by atoms with van der Waals surface area (Å²) < 4.78 is 0. The third kappa shape index (κ3) is 6.23. The molecule has 36 heavy (non-hydrogen) atoms. The lowest BCUT2D eigenvalue weighted by Gasteiger charge is -2.25. The molecule has 4 rings (SSSR count). The number of para-hydroxylation sites is 2. The van der Waals surface area contributed by atoms with Crippen LogP contribution in [0, 0.1) is 0 Å². The Hall–Kier alpha value is -4.28. The van der Waals surface area contributed by atoms with Crippen LogP contribution < -0.4 is 0 Å². The van der Waals surface area contributed by atoms with Gasteiger partial charge in [0.25, 0.3) is 0 Å². The SMILES string of the molecule is O=C(O)CN(CCN(CC(=O)O)Cc1ccc2cccc(O)c2n1)Cc1ccc2cccc(O)c2n1. The molecule has 4 aromatic rings. The average molecular weight is 491 g/mol. The molecule has 0 aliphatic heterocycles. The molecule has 2 heterocycles. The zero-order chi connectivity index (χ0) is 25.7. The number of aliphatic carboxylic acids is 2. The number of aromatic hydroxyl groups is 2. The van der Waals surface area contributed by atoms with Crippen LogP contribution in [0.5, 0.6) is 11.5 Å². The lowest BCUT2D eigenvalue weighted by atomic mass is 10.2. The minimum absolute atomic E-state index is 0.0423. The molecule has 2 aromatic heterocycles. The van der Waals surface area contributed by atoms with E-state index in [1.54, 1.807) is 46.2 Å². The molecule has 10 heteroatoms. The molecule has 0 amide bonds. The molecule has 0 saturated carbocycles.